The molecule has 22 heavy (non-hydrogen) atoms. The second-order valence-electron chi connectivity index (χ2n) is 5.28. The van der Waals surface area contributed by atoms with Crippen molar-refractivity contribution in [3.63, 3.8) is 0 Å². The van der Waals surface area contributed by atoms with Crippen LogP contribution in [0.25, 0.3) is 11.3 Å². The van der Waals surface area contributed by atoms with Gasteiger partial charge in [0.1, 0.15) is 11.6 Å². The van der Waals surface area contributed by atoms with Crippen molar-refractivity contribution in [2.24, 2.45) is 11.7 Å². The van der Waals surface area contributed by atoms with Crippen LogP contribution in [0, 0.1) is 17.7 Å². The molecule has 0 saturated carbocycles. The highest BCUT2D eigenvalue weighted by atomic mass is 19.1. The summed E-state index contributed by atoms with van der Waals surface area (Å²) in [6, 6.07) is 6.66. The Hall–Kier alpha value is -2.50. The first kappa shape index (κ1) is 15.9. The van der Waals surface area contributed by atoms with E-state index in [4.69, 9.17) is 10.5 Å². The zero-order valence-corrected chi connectivity index (χ0v) is 12.3. The smallest absolute Gasteiger partial charge is 0.253 e. The minimum absolute atomic E-state index is 0.191. The number of nitrogens with two attached hydrogens (primary N) is 1. The van der Waals surface area contributed by atoms with Crippen molar-refractivity contribution < 1.29 is 18.3 Å². The Morgan fingerprint density at radius 2 is 2.00 bits per heavy atom. The minimum Gasteiger partial charge on any atom is -0.493 e. The van der Waals surface area contributed by atoms with E-state index in [1.807, 2.05) is 13.8 Å². The van der Waals surface area contributed by atoms with Crippen molar-refractivity contribution in [2.45, 2.75) is 13.8 Å². The summed E-state index contributed by atoms with van der Waals surface area (Å²) < 4.78 is 32.8. The number of primary amides is 1. The van der Waals surface area contributed by atoms with E-state index in [2.05, 4.69) is 4.98 Å². The van der Waals surface area contributed by atoms with Gasteiger partial charge in [-0.1, -0.05) is 13.8 Å². The van der Waals surface area contributed by atoms with Gasteiger partial charge in [0, 0.05) is 11.6 Å². The second kappa shape index (κ2) is 6.51. The van der Waals surface area contributed by atoms with Crippen molar-refractivity contribution in [3.8, 4) is 17.0 Å². The molecule has 1 aromatic heterocycles. The molecule has 4 nitrogen and oxygen atoms in total. The number of ether oxygens (including phenoxy) is 1. The number of pyridine rings is 1. The van der Waals surface area contributed by atoms with Gasteiger partial charge < -0.3 is 10.5 Å². The number of rotatable bonds is 5. The molecule has 2 aromatic rings. The van der Waals surface area contributed by atoms with E-state index in [-0.39, 0.29) is 17.2 Å². The summed E-state index contributed by atoms with van der Waals surface area (Å²) in [7, 11) is 0. The maximum absolute atomic E-state index is 13.7. The maximum Gasteiger partial charge on any atom is 0.253 e. The number of carbonyl (C=O) groups excluding carboxylic acids is 1. The molecule has 0 aliphatic rings. The number of carbonyl (C=O) groups is 1. The fraction of sp³-hybridized carbons (Fsp3) is 0.250. The molecule has 1 amide bonds. The number of amides is 1. The molecule has 0 atom stereocenters. The predicted molar refractivity (Wildman–Crippen MR) is 78.4 cm³/mol. The van der Waals surface area contributed by atoms with Gasteiger partial charge in [0.15, 0.2) is 0 Å². The van der Waals surface area contributed by atoms with E-state index in [0.29, 0.717) is 17.9 Å². The van der Waals surface area contributed by atoms with E-state index in [1.165, 1.54) is 24.3 Å². The summed E-state index contributed by atoms with van der Waals surface area (Å²) >= 11 is 0. The van der Waals surface area contributed by atoms with E-state index in [0.717, 1.165) is 0 Å². The molecule has 0 aliphatic heterocycles. The van der Waals surface area contributed by atoms with Crippen molar-refractivity contribution in [3.05, 3.63) is 47.7 Å². The van der Waals surface area contributed by atoms with Crippen LogP contribution < -0.4 is 10.5 Å². The minimum atomic E-state index is -0.987. The maximum atomic E-state index is 13.7. The van der Waals surface area contributed by atoms with Gasteiger partial charge >= 0.3 is 0 Å². The summed E-state index contributed by atoms with van der Waals surface area (Å²) in [5.74, 6) is -1.78. The molecule has 0 saturated heterocycles. The number of benzene rings is 1. The fourth-order valence-electron chi connectivity index (χ4n) is 1.84. The molecule has 0 bridgehead atoms. The second-order valence-corrected chi connectivity index (χ2v) is 5.28. The van der Waals surface area contributed by atoms with E-state index < -0.39 is 17.7 Å². The monoisotopic (exact) mass is 306 g/mol. The van der Waals surface area contributed by atoms with Gasteiger partial charge in [0.2, 0.25) is 5.95 Å². The topological polar surface area (TPSA) is 65.2 Å². The number of hydrogen-bond acceptors (Lipinski definition) is 3. The van der Waals surface area contributed by atoms with Gasteiger partial charge in [-0.15, -0.1) is 0 Å². The Morgan fingerprint density at radius 3 is 2.59 bits per heavy atom. The van der Waals surface area contributed by atoms with Crippen LogP contribution in [0.4, 0.5) is 8.78 Å². The Balaban J connectivity index is 2.36. The molecular formula is C16H16F2N2O2. The lowest BCUT2D eigenvalue weighted by atomic mass is 10.1. The fourth-order valence-corrected chi connectivity index (χ4v) is 1.84. The summed E-state index contributed by atoms with van der Waals surface area (Å²) in [6.07, 6.45) is 0. The molecule has 0 aliphatic carbocycles. The number of hydrogen-bond donors (Lipinski definition) is 1. The van der Waals surface area contributed by atoms with Gasteiger partial charge in [-0.25, -0.2) is 9.37 Å². The van der Waals surface area contributed by atoms with Gasteiger partial charge in [0.05, 0.1) is 17.9 Å². The van der Waals surface area contributed by atoms with Crippen LogP contribution in [0.5, 0.6) is 5.75 Å². The van der Waals surface area contributed by atoms with E-state index in [1.54, 1.807) is 6.07 Å². The Labute approximate surface area is 126 Å². The van der Waals surface area contributed by atoms with Crippen molar-refractivity contribution >= 4 is 5.91 Å². The lowest BCUT2D eigenvalue weighted by Crippen LogP contribution is -2.14. The molecule has 2 N–H and O–H groups in total. The molecule has 0 fully saturated rings. The van der Waals surface area contributed by atoms with Gasteiger partial charge in [-0.05, 0) is 30.2 Å². The standard InChI is InChI=1S/C16H16F2N2O2/c1-9(2)8-22-12-6-10(5-11(17)7-12)14-4-3-13(16(19)21)15(18)20-14/h3-7,9H,8H2,1-2H3,(H2,19,21). The first-order valence-corrected chi connectivity index (χ1v) is 6.77. The van der Waals surface area contributed by atoms with Crippen LogP contribution in [0.15, 0.2) is 30.3 Å². The van der Waals surface area contributed by atoms with Crippen LogP contribution in [-0.4, -0.2) is 17.5 Å². The van der Waals surface area contributed by atoms with Crippen molar-refractivity contribution in [1.82, 2.24) is 4.98 Å². The zero-order valence-electron chi connectivity index (χ0n) is 12.3. The third kappa shape index (κ3) is 3.78. The largest absolute Gasteiger partial charge is 0.493 e. The zero-order chi connectivity index (χ0) is 16.3. The van der Waals surface area contributed by atoms with Crippen molar-refractivity contribution in [2.75, 3.05) is 6.61 Å². The van der Waals surface area contributed by atoms with Crippen LogP contribution in [0.3, 0.4) is 0 Å². The highest BCUT2D eigenvalue weighted by Crippen LogP contribution is 2.25. The lowest BCUT2D eigenvalue weighted by Gasteiger charge is -2.10. The predicted octanol–water partition coefficient (Wildman–Crippen LogP) is 3.16. The van der Waals surface area contributed by atoms with Gasteiger partial charge in [-0.3, -0.25) is 4.79 Å². The van der Waals surface area contributed by atoms with Crippen molar-refractivity contribution in [1.29, 1.82) is 0 Å². The molecule has 116 valence electrons. The Bertz CT molecular complexity index is 703. The SMILES string of the molecule is CC(C)COc1cc(F)cc(-c2ccc(C(N)=O)c(F)n2)c1. The molecule has 0 unspecified atom stereocenters. The van der Waals surface area contributed by atoms with E-state index in [9.17, 15) is 13.6 Å². The van der Waals surface area contributed by atoms with Crippen LogP contribution in [0.1, 0.15) is 24.2 Å². The summed E-state index contributed by atoms with van der Waals surface area (Å²) in [5, 5.41) is 0. The van der Waals surface area contributed by atoms with Crippen LogP contribution >= 0.6 is 0 Å². The van der Waals surface area contributed by atoms with Crippen LogP contribution in [0.2, 0.25) is 0 Å². The highest BCUT2D eigenvalue weighted by molar-refractivity contribution is 5.93. The average Bonchev–Trinajstić information content (AvgIpc) is 2.44. The molecule has 6 heteroatoms. The average molecular weight is 306 g/mol. The summed E-state index contributed by atoms with van der Waals surface area (Å²) in [4.78, 5) is 14.6. The Kier molecular flexibility index (Phi) is 4.70. The third-order valence-electron chi connectivity index (χ3n) is 2.86. The molecule has 0 spiro atoms. The van der Waals surface area contributed by atoms with E-state index >= 15 is 0 Å². The molecular weight excluding hydrogens is 290 g/mol. The quantitative estimate of drug-likeness (QED) is 0.863. The lowest BCUT2D eigenvalue weighted by molar-refractivity contribution is 0.0995. The highest BCUT2D eigenvalue weighted by Gasteiger charge is 2.12. The first-order chi connectivity index (χ1) is 10.4. The summed E-state index contributed by atoms with van der Waals surface area (Å²) in [6.45, 7) is 4.38. The molecule has 0 radical (unpaired) electrons. The summed E-state index contributed by atoms with van der Waals surface area (Å²) in [5.41, 5.74) is 5.26. The van der Waals surface area contributed by atoms with Crippen LogP contribution in [-0.2, 0) is 0 Å². The number of nitrogens with zero attached hydrogens (tertiary/aromatic N) is 1. The Morgan fingerprint density at radius 1 is 1.27 bits per heavy atom. The normalized spacial score (nSPS) is 10.8. The third-order valence-corrected chi connectivity index (χ3v) is 2.86. The molecule has 2 rings (SSSR count). The molecule has 1 aromatic carbocycles. The van der Waals surface area contributed by atoms with Gasteiger partial charge in [-0.2, -0.15) is 4.39 Å². The molecule has 1 heterocycles. The number of aromatic nitrogens is 1. The van der Waals surface area contributed by atoms with Gasteiger partial charge in [0.25, 0.3) is 5.91 Å². The first-order valence-electron chi connectivity index (χ1n) is 6.77. The number of halogens is 2.